The summed E-state index contributed by atoms with van der Waals surface area (Å²) in [6, 6.07) is 4.11. The summed E-state index contributed by atoms with van der Waals surface area (Å²) in [6.07, 6.45) is 0. The zero-order valence-electron chi connectivity index (χ0n) is 9.71. The fourth-order valence-electron chi connectivity index (χ4n) is 1.22. The van der Waals surface area contributed by atoms with Crippen molar-refractivity contribution < 1.29 is 4.79 Å². The average Bonchev–Trinajstić information content (AvgIpc) is 2.62. The predicted octanol–water partition coefficient (Wildman–Crippen LogP) is 2.58. The molecule has 0 spiro atoms. The number of nitrogens with one attached hydrogen (secondary N) is 2. The van der Waals surface area contributed by atoms with Crippen molar-refractivity contribution in [1.82, 2.24) is 10.6 Å². The van der Waals surface area contributed by atoms with E-state index in [9.17, 15) is 4.79 Å². The maximum Gasteiger partial charge on any atom is 0.234 e. The largest absolute Gasteiger partial charge is 0.348 e. The molecule has 1 heterocycles. The Labute approximate surface area is 105 Å². The second-order valence-corrected chi connectivity index (χ2v) is 5.71. The van der Waals surface area contributed by atoms with Gasteiger partial charge < -0.3 is 10.6 Å². The minimum absolute atomic E-state index is 0.00530. The van der Waals surface area contributed by atoms with Crippen molar-refractivity contribution in [1.29, 1.82) is 0 Å². The summed E-state index contributed by atoms with van der Waals surface area (Å²) >= 11 is 7.33. The average molecular weight is 261 g/mol. The van der Waals surface area contributed by atoms with Crippen LogP contribution in [0.4, 0.5) is 0 Å². The molecule has 16 heavy (non-hydrogen) atoms. The molecular formula is C11H17ClN2OS. The number of halogens is 1. The SMILES string of the molecule is CC(C)NCC(=O)NC(C)c1ccc(Cl)s1. The minimum Gasteiger partial charge on any atom is -0.348 e. The summed E-state index contributed by atoms with van der Waals surface area (Å²) in [5.41, 5.74) is 0. The van der Waals surface area contributed by atoms with Gasteiger partial charge in [0.15, 0.2) is 0 Å². The number of amides is 1. The molecule has 1 atom stereocenters. The molecule has 0 saturated heterocycles. The predicted molar refractivity (Wildman–Crippen MR) is 69.0 cm³/mol. The first-order valence-corrected chi connectivity index (χ1v) is 6.46. The third kappa shape index (κ3) is 4.51. The Morgan fingerprint density at radius 1 is 1.44 bits per heavy atom. The molecule has 1 rings (SSSR count). The van der Waals surface area contributed by atoms with Crippen molar-refractivity contribution in [2.75, 3.05) is 6.54 Å². The highest BCUT2D eigenvalue weighted by molar-refractivity contribution is 7.16. The molecule has 1 amide bonds. The topological polar surface area (TPSA) is 41.1 Å². The Morgan fingerprint density at radius 2 is 2.12 bits per heavy atom. The van der Waals surface area contributed by atoms with Gasteiger partial charge in [0.2, 0.25) is 5.91 Å². The highest BCUT2D eigenvalue weighted by Crippen LogP contribution is 2.26. The molecule has 0 aliphatic rings. The number of carbonyl (C=O) groups excluding carboxylic acids is 1. The van der Waals surface area contributed by atoms with Crippen LogP contribution in [0.1, 0.15) is 31.7 Å². The maximum atomic E-state index is 11.5. The zero-order valence-corrected chi connectivity index (χ0v) is 11.3. The van der Waals surface area contributed by atoms with Gasteiger partial charge in [0.25, 0.3) is 0 Å². The molecular weight excluding hydrogens is 244 g/mol. The van der Waals surface area contributed by atoms with E-state index in [-0.39, 0.29) is 11.9 Å². The molecule has 0 fully saturated rings. The molecule has 0 saturated carbocycles. The van der Waals surface area contributed by atoms with Gasteiger partial charge in [0, 0.05) is 10.9 Å². The van der Waals surface area contributed by atoms with E-state index >= 15 is 0 Å². The summed E-state index contributed by atoms with van der Waals surface area (Å²) in [6.45, 7) is 6.32. The number of hydrogen-bond acceptors (Lipinski definition) is 3. The van der Waals surface area contributed by atoms with Crippen molar-refractivity contribution in [2.45, 2.75) is 32.9 Å². The Balaban J connectivity index is 2.39. The van der Waals surface area contributed by atoms with E-state index in [0.717, 1.165) is 9.21 Å². The standard InChI is InChI=1S/C11H17ClN2OS/c1-7(2)13-6-11(15)14-8(3)9-4-5-10(12)16-9/h4-5,7-8,13H,6H2,1-3H3,(H,14,15). The van der Waals surface area contributed by atoms with Crippen LogP contribution in [0.15, 0.2) is 12.1 Å². The van der Waals surface area contributed by atoms with Gasteiger partial charge in [-0.3, -0.25) is 4.79 Å². The number of rotatable bonds is 5. The first kappa shape index (κ1) is 13.5. The lowest BCUT2D eigenvalue weighted by atomic mass is 10.2. The van der Waals surface area contributed by atoms with Gasteiger partial charge in [0.1, 0.15) is 0 Å². The van der Waals surface area contributed by atoms with Crippen LogP contribution in [-0.4, -0.2) is 18.5 Å². The van der Waals surface area contributed by atoms with E-state index in [0.29, 0.717) is 12.6 Å². The molecule has 0 radical (unpaired) electrons. The Bertz CT molecular complexity index is 352. The fraction of sp³-hybridized carbons (Fsp3) is 0.545. The van der Waals surface area contributed by atoms with Gasteiger partial charge in [0.05, 0.1) is 16.9 Å². The van der Waals surface area contributed by atoms with Crippen LogP contribution < -0.4 is 10.6 Å². The zero-order chi connectivity index (χ0) is 12.1. The molecule has 3 nitrogen and oxygen atoms in total. The van der Waals surface area contributed by atoms with Crippen LogP contribution >= 0.6 is 22.9 Å². The van der Waals surface area contributed by atoms with Crippen LogP contribution in [0.25, 0.3) is 0 Å². The maximum absolute atomic E-state index is 11.5. The van der Waals surface area contributed by atoms with Crippen molar-refractivity contribution in [3.63, 3.8) is 0 Å². The monoisotopic (exact) mass is 260 g/mol. The smallest absolute Gasteiger partial charge is 0.234 e. The minimum atomic E-state index is 0.00530. The lowest BCUT2D eigenvalue weighted by molar-refractivity contribution is -0.120. The lowest BCUT2D eigenvalue weighted by Crippen LogP contribution is -2.37. The molecule has 0 bridgehead atoms. The van der Waals surface area contributed by atoms with E-state index in [1.54, 1.807) is 0 Å². The molecule has 0 aliphatic heterocycles. The van der Waals surface area contributed by atoms with Crippen molar-refractivity contribution >= 4 is 28.8 Å². The van der Waals surface area contributed by atoms with Gasteiger partial charge in [-0.25, -0.2) is 0 Å². The van der Waals surface area contributed by atoms with Crippen molar-refractivity contribution in [3.05, 3.63) is 21.3 Å². The number of hydrogen-bond donors (Lipinski definition) is 2. The van der Waals surface area contributed by atoms with Crippen LogP contribution in [0.5, 0.6) is 0 Å². The van der Waals surface area contributed by atoms with Crippen LogP contribution in [0, 0.1) is 0 Å². The third-order valence-corrected chi connectivity index (χ3v) is 3.48. The molecule has 1 aromatic heterocycles. The van der Waals surface area contributed by atoms with E-state index in [4.69, 9.17) is 11.6 Å². The van der Waals surface area contributed by atoms with Crippen LogP contribution in [-0.2, 0) is 4.79 Å². The Hall–Kier alpha value is -0.580. The van der Waals surface area contributed by atoms with Crippen LogP contribution in [0.3, 0.4) is 0 Å². The first-order chi connectivity index (χ1) is 7.49. The van der Waals surface area contributed by atoms with Crippen molar-refractivity contribution in [2.24, 2.45) is 0 Å². The first-order valence-electron chi connectivity index (χ1n) is 5.27. The van der Waals surface area contributed by atoms with E-state index in [2.05, 4.69) is 10.6 Å². The van der Waals surface area contributed by atoms with E-state index < -0.39 is 0 Å². The summed E-state index contributed by atoms with van der Waals surface area (Å²) in [4.78, 5) is 12.6. The highest BCUT2D eigenvalue weighted by Gasteiger charge is 2.11. The quantitative estimate of drug-likeness (QED) is 0.854. The second kappa shape index (κ2) is 6.23. The van der Waals surface area contributed by atoms with Gasteiger partial charge >= 0.3 is 0 Å². The van der Waals surface area contributed by atoms with Gasteiger partial charge in [-0.2, -0.15) is 0 Å². The summed E-state index contributed by atoms with van der Waals surface area (Å²) < 4.78 is 0.747. The Morgan fingerprint density at radius 3 is 2.62 bits per heavy atom. The van der Waals surface area contributed by atoms with Gasteiger partial charge in [-0.05, 0) is 19.1 Å². The van der Waals surface area contributed by atoms with E-state index in [1.807, 2.05) is 32.9 Å². The number of thiophene rings is 1. The molecule has 1 aromatic rings. The Kier molecular flexibility index (Phi) is 5.25. The highest BCUT2D eigenvalue weighted by atomic mass is 35.5. The second-order valence-electron chi connectivity index (χ2n) is 3.97. The summed E-state index contributed by atoms with van der Waals surface area (Å²) in [5.74, 6) is 0.00530. The third-order valence-electron chi connectivity index (χ3n) is 2.07. The molecule has 1 unspecified atom stereocenters. The van der Waals surface area contributed by atoms with Crippen molar-refractivity contribution in [3.8, 4) is 0 Å². The van der Waals surface area contributed by atoms with Gasteiger partial charge in [-0.15, -0.1) is 11.3 Å². The van der Waals surface area contributed by atoms with Gasteiger partial charge in [-0.1, -0.05) is 25.4 Å². The van der Waals surface area contributed by atoms with Crippen LogP contribution in [0.2, 0.25) is 4.34 Å². The summed E-state index contributed by atoms with van der Waals surface area (Å²) in [7, 11) is 0. The molecule has 5 heteroatoms. The molecule has 2 N–H and O–H groups in total. The normalized spacial score (nSPS) is 12.8. The number of carbonyl (C=O) groups is 1. The summed E-state index contributed by atoms with van der Waals surface area (Å²) in [5, 5.41) is 5.99. The fourth-order valence-corrected chi connectivity index (χ4v) is 2.28. The molecule has 0 aromatic carbocycles. The molecule has 90 valence electrons. The molecule has 0 aliphatic carbocycles. The lowest BCUT2D eigenvalue weighted by Gasteiger charge is -2.13. The van der Waals surface area contributed by atoms with E-state index in [1.165, 1.54) is 11.3 Å².